The molecule has 1 aliphatic rings. The Hall–Kier alpha value is -0.430. The van der Waals surface area contributed by atoms with E-state index >= 15 is 0 Å². The molecule has 0 bridgehead atoms. The number of nitrogens with one attached hydrogen (secondary N) is 1. The Morgan fingerprint density at radius 1 is 1.45 bits per heavy atom. The first-order valence-corrected chi connectivity index (χ1v) is 8.22. The van der Waals surface area contributed by atoms with Gasteiger partial charge in [0, 0.05) is 12.6 Å². The number of halogens is 1. The normalized spacial score (nSPS) is 21.6. The lowest BCUT2D eigenvalue weighted by Gasteiger charge is -2.47. The predicted molar refractivity (Wildman–Crippen MR) is 85.1 cm³/mol. The van der Waals surface area contributed by atoms with E-state index in [2.05, 4.69) is 45.2 Å². The van der Waals surface area contributed by atoms with E-state index in [1.807, 2.05) is 17.9 Å². The van der Waals surface area contributed by atoms with Crippen LogP contribution in [0.15, 0.2) is 10.7 Å². The second-order valence-corrected chi connectivity index (χ2v) is 6.71. The van der Waals surface area contributed by atoms with Crippen LogP contribution in [0.5, 0.6) is 0 Å². The Bertz CT molecular complexity index is 421. The summed E-state index contributed by atoms with van der Waals surface area (Å²) in [6.45, 7) is 6.85. The highest BCUT2D eigenvalue weighted by Crippen LogP contribution is 2.37. The van der Waals surface area contributed by atoms with Gasteiger partial charge in [0.1, 0.15) is 0 Å². The average molecular weight is 344 g/mol. The standard InChI is InChI=1S/C14H26BrN5/c1-4-14(2,20-8-6-5-7-9-20)13(18-16)12-11(15)10-17-19(12)3/h10,13,18H,4-9,16H2,1-3H3. The third-order valence-corrected chi connectivity index (χ3v) is 5.40. The summed E-state index contributed by atoms with van der Waals surface area (Å²) in [7, 11) is 1.97. The topological polar surface area (TPSA) is 59.1 Å². The van der Waals surface area contributed by atoms with Crippen LogP contribution in [0, 0.1) is 0 Å². The number of aryl methyl sites for hydroxylation is 1. The van der Waals surface area contributed by atoms with Crippen molar-refractivity contribution in [2.75, 3.05) is 13.1 Å². The Morgan fingerprint density at radius 2 is 2.10 bits per heavy atom. The van der Waals surface area contributed by atoms with Gasteiger partial charge >= 0.3 is 0 Å². The van der Waals surface area contributed by atoms with Gasteiger partial charge in [-0.15, -0.1) is 0 Å². The zero-order chi connectivity index (χ0) is 14.8. The fourth-order valence-electron chi connectivity index (χ4n) is 3.31. The molecule has 2 heterocycles. The second kappa shape index (κ2) is 6.56. The molecule has 20 heavy (non-hydrogen) atoms. The number of hydrogen-bond acceptors (Lipinski definition) is 4. The molecule has 5 nitrogen and oxygen atoms in total. The van der Waals surface area contributed by atoms with E-state index in [9.17, 15) is 0 Å². The van der Waals surface area contributed by atoms with E-state index in [4.69, 9.17) is 5.84 Å². The smallest absolute Gasteiger partial charge is 0.0820 e. The summed E-state index contributed by atoms with van der Waals surface area (Å²) in [5.41, 5.74) is 4.15. The molecule has 114 valence electrons. The van der Waals surface area contributed by atoms with Crippen molar-refractivity contribution in [2.45, 2.75) is 51.1 Å². The van der Waals surface area contributed by atoms with Crippen molar-refractivity contribution in [3.8, 4) is 0 Å². The van der Waals surface area contributed by atoms with Crippen LogP contribution in [-0.4, -0.2) is 33.3 Å². The minimum atomic E-state index is -0.00845. The number of likely N-dealkylation sites (tertiary alicyclic amines) is 1. The summed E-state index contributed by atoms with van der Waals surface area (Å²) in [6, 6.07) is 0.0486. The molecule has 0 radical (unpaired) electrons. The first-order chi connectivity index (χ1) is 9.54. The molecule has 2 atom stereocenters. The highest BCUT2D eigenvalue weighted by Gasteiger charge is 2.41. The van der Waals surface area contributed by atoms with Gasteiger partial charge in [-0.3, -0.25) is 15.4 Å². The monoisotopic (exact) mass is 343 g/mol. The van der Waals surface area contributed by atoms with E-state index in [-0.39, 0.29) is 11.6 Å². The molecular formula is C14H26BrN5. The van der Waals surface area contributed by atoms with E-state index in [1.165, 1.54) is 19.3 Å². The molecule has 1 aromatic heterocycles. The SMILES string of the molecule is CCC(C)(C(NN)c1c(Br)cnn1C)N1CCCCC1. The summed E-state index contributed by atoms with van der Waals surface area (Å²) in [5, 5.41) is 4.33. The number of hydrogen-bond donors (Lipinski definition) is 2. The molecule has 2 rings (SSSR count). The first kappa shape index (κ1) is 15.9. The van der Waals surface area contributed by atoms with Gasteiger partial charge in [-0.2, -0.15) is 5.10 Å². The van der Waals surface area contributed by atoms with Crippen molar-refractivity contribution >= 4 is 15.9 Å². The maximum atomic E-state index is 5.93. The highest BCUT2D eigenvalue weighted by molar-refractivity contribution is 9.10. The Balaban J connectivity index is 2.36. The molecule has 6 heteroatoms. The molecule has 0 aromatic carbocycles. The highest BCUT2D eigenvalue weighted by atomic mass is 79.9. The van der Waals surface area contributed by atoms with Crippen LogP contribution in [-0.2, 0) is 7.05 Å². The second-order valence-electron chi connectivity index (χ2n) is 5.86. The summed E-state index contributed by atoms with van der Waals surface area (Å²) in [5.74, 6) is 5.93. The van der Waals surface area contributed by atoms with Gasteiger partial charge in [-0.25, -0.2) is 5.43 Å². The van der Waals surface area contributed by atoms with Crippen LogP contribution in [0.3, 0.4) is 0 Å². The van der Waals surface area contributed by atoms with Gasteiger partial charge in [-0.05, 0) is 55.2 Å². The average Bonchev–Trinajstić information content (AvgIpc) is 2.81. The number of piperidine rings is 1. The van der Waals surface area contributed by atoms with Gasteiger partial charge in [0.15, 0.2) is 0 Å². The van der Waals surface area contributed by atoms with Gasteiger partial charge < -0.3 is 0 Å². The van der Waals surface area contributed by atoms with Crippen molar-refractivity contribution < 1.29 is 0 Å². The van der Waals surface area contributed by atoms with E-state index < -0.39 is 0 Å². The van der Waals surface area contributed by atoms with Crippen LogP contribution in [0.2, 0.25) is 0 Å². The Morgan fingerprint density at radius 3 is 2.55 bits per heavy atom. The fraction of sp³-hybridized carbons (Fsp3) is 0.786. The van der Waals surface area contributed by atoms with Crippen LogP contribution in [0.4, 0.5) is 0 Å². The molecule has 2 unspecified atom stereocenters. The Kier molecular flexibility index (Phi) is 5.23. The van der Waals surface area contributed by atoms with Crippen molar-refractivity contribution in [3.63, 3.8) is 0 Å². The van der Waals surface area contributed by atoms with Crippen LogP contribution in [0.25, 0.3) is 0 Å². The molecule has 0 saturated carbocycles. The fourth-order valence-corrected chi connectivity index (χ4v) is 3.89. The van der Waals surface area contributed by atoms with Crippen molar-refractivity contribution in [3.05, 3.63) is 16.4 Å². The third-order valence-electron chi connectivity index (χ3n) is 4.79. The molecule has 1 fully saturated rings. The quantitative estimate of drug-likeness (QED) is 0.636. The van der Waals surface area contributed by atoms with E-state index in [0.717, 1.165) is 29.7 Å². The zero-order valence-corrected chi connectivity index (χ0v) is 14.3. The van der Waals surface area contributed by atoms with Crippen LogP contribution in [0.1, 0.15) is 51.3 Å². The maximum Gasteiger partial charge on any atom is 0.0820 e. The minimum Gasteiger partial charge on any atom is -0.296 e. The van der Waals surface area contributed by atoms with Gasteiger partial charge in [0.2, 0.25) is 0 Å². The first-order valence-electron chi connectivity index (χ1n) is 7.43. The van der Waals surface area contributed by atoms with Gasteiger partial charge in [-0.1, -0.05) is 13.3 Å². The van der Waals surface area contributed by atoms with Crippen LogP contribution >= 0.6 is 15.9 Å². The molecule has 3 N–H and O–H groups in total. The summed E-state index contributed by atoms with van der Waals surface area (Å²) >= 11 is 3.61. The van der Waals surface area contributed by atoms with E-state index in [1.54, 1.807) is 0 Å². The largest absolute Gasteiger partial charge is 0.296 e. The molecule has 0 spiro atoms. The lowest BCUT2D eigenvalue weighted by Crippen LogP contribution is -2.57. The number of rotatable bonds is 5. The van der Waals surface area contributed by atoms with Crippen molar-refractivity contribution in [2.24, 2.45) is 12.9 Å². The van der Waals surface area contributed by atoms with E-state index in [0.29, 0.717) is 0 Å². The summed E-state index contributed by atoms with van der Waals surface area (Å²) in [6.07, 6.45) is 6.77. The third kappa shape index (κ3) is 2.79. The molecule has 1 aromatic rings. The lowest BCUT2D eigenvalue weighted by atomic mass is 9.84. The molecule has 1 saturated heterocycles. The molecular weight excluding hydrogens is 318 g/mol. The van der Waals surface area contributed by atoms with Crippen molar-refractivity contribution in [1.29, 1.82) is 0 Å². The summed E-state index contributed by atoms with van der Waals surface area (Å²) in [4.78, 5) is 2.58. The lowest BCUT2D eigenvalue weighted by molar-refractivity contribution is 0.0397. The molecule has 1 aliphatic heterocycles. The van der Waals surface area contributed by atoms with Crippen molar-refractivity contribution in [1.82, 2.24) is 20.1 Å². The van der Waals surface area contributed by atoms with Gasteiger partial charge in [0.25, 0.3) is 0 Å². The number of hydrazine groups is 1. The Labute approximate surface area is 130 Å². The van der Waals surface area contributed by atoms with Gasteiger partial charge in [0.05, 0.1) is 22.4 Å². The molecule has 0 amide bonds. The minimum absolute atomic E-state index is 0.00845. The zero-order valence-electron chi connectivity index (χ0n) is 12.7. The predicted octanol–water partition coefficient (Wildman–Crippen LogP) is 2.34. The number of nitrogens with two attached hydrogens (primary N) is 1. The number of aromatic nitrogens is 2. The summed E-state index contributed by atoms with van der Waals surface area (Å²) < 4.78 is 2.92. The maximum absolute atomic E-state index is 5.93. The van der Waals surface area contributed by atoms with Crippen LogP contribution < -0.4 is 11.3 Å². The molecule has 0 aliphatic carbocycles. The number of nitrogens with zero attached hydrogens (tertiary/aromatic N) is 3.